The molecule has 4 nitrogen and oxygen atoms in total. The van der Waals surface area contributed by atoms with Crippen molar-refractivity contribution in [2.75, 3.05) is 31.7 Å². The molecule has 1 aliphatic rings. The van der Waals surface area contributed by atoms with Gasteiger partial charge in [-0.3, -0.25) is 0 Å². The van der Waals surface area contributed by atoms with E-state index in [1.807, 2.05) is 4.90 Å². The number of ether oxygens (including phenoxy) is 1. The lowest BCUT2D eigenvalue weighted by Crippen LogP contribution is -2.25. The highest BCUT2D eigenvalue weighted by atomic mass is 19.1. The van der Waals surface area contributed by atoms with Gasteiger partial charge in [0.15, 0.2) is 11.6 Å². The van der Waals surface area contributed by atoms with Crippen LogP contribution in [0.2, 0.25) is 0 Å². The van der Waals surface area contributed by atoms with E-state index >= 15 is 0 Å². The highest BCUT2D eigenvalue weighted by Gasteiger charge is 2.26. The molecule has 1 unspecified atom stereocenters. The Morgan fingerprint density at radius 2 is 2.35 bits per heavy atom. The average molecular weight is 281 g/mol. The van der Waals surface area contributed by atoms with E-state index in [0.29, 0.717) is 29.9 Å². The summed E-state index contributed by atoms with van der Waals surface area (Å²) in [5, 5.41) is 3.24. The van der Waals surface area contributed by atoms with Gasteiger partial charge in [-0.15, -0.1) is 0 Å². The number of hydrogen-bond donors (Lipinski definition) is 1. The van der Waals surface area contributed by atoms with Crippen LogP contribution in [-0.4, -0.2) is 37.8 Å². The van der Waals surface area contributed by atoms with Crippen LogP contribution in [0.4, 0.5) is 10.2 Å². The number of anilines is 1. The van der Waals surface area contributed by atoms with Crippen molar-refractivity contribution in [2.45, 2.75) is 32.9 Å². The zero-order chi connectivity index (χ0) is 14.5. The first-order chi connectivity index (χ1) is 9.61. The number of nitrogens with zero attached hydrogens (tertiary/aromatic N) is 2. The second-order valence-electron chi connectivity index (χ2n) is 5.70. The lowest BCUT2D eigenvalue weighted by molar-refractivity contribution is 0.161. The van der Waals surface area contributed by atoms with Crippen LogP contribution in [0, 0.1) is 11.7 Å². The molecule has 0 spiro atoms. The van der Waals surface area contributed by atoms with Crippen LogP contribution in [0.3, 0.4) is 0 Å². The molecule has 1 fully saturated rings. The number of rotatable bonds is 6. The summed E-state index contributed by atoms with van der Waals surface area (Å²) in [7, 11) is 1.71. The van der Waals surface area contributed by atoms with E-state index in [9.17, 15) is 4.39 Å². The monoisotopic (exact) mass is 281 g/mol. The molecule has 0 bridgehead atoms. The van der Waals surface area contributed by atoms with E-state index in [1.54, 1.807) is 19.4 Å². The van der Waals surface area contributed by atoms with Crippen molar-refractivity contribution in [3.05, 3.63) is 23.6 Å². The molecule has 1 N–H and O–H groups in total. The van der Waals surface area contributed by atoms with Gasteiger partial charge in [-0.05, 0) is 12.5 Å². The molecule has 0 radical (unpaired) electrons. The summed E-state index contributed by atoms with van der Waals surface area (Å²) in [4.78, 5) is 6.25. The Balaban J connectivity index is 2.07. The molecule has 0 amide bonds. The number of aromatic nitrogens is 1. The largest absolute Gasteiger partial charge is 0.384 e. The van der Waals surface area contributed by atoms with Gasteiger partial charge in [-0.25, -0.2) is 9.37 Å². The van der Waals surface area contributed by atoms with Gasteiger partial charge in [-0.1, -0.05) is 13.8 Å². The minimum absolute atomic E-state index is 0.196. The van der Waals surface area contributed by atoms with Gasteiger partial charge in [0.05, 0.1) is 6.61 Å². The Morgan fingerprint density at radius 3 is 3.05 bits per heavy atom. The molecular formula is C15H24FN3O. The maximum absolute atomic E-state index is 14.5. The fourth-order valence-electron chi connectivity index (χ4n) is 2.54. The molecule has 20 heavy (non-hydrogen) atoms. The molecule has 0 aliphatic carbocycles. The van der Waals surface area contributed by atoms with Crippen molar-refractivity contribution in [1.82, 2.24) is 10.3 Å². The minimum Gasteiger partial charge on any atom is -0.384 e. The molecule has 2 rings (SSSR count). The van der Waals surface area contributed by atoms with E-state index in [0.717, 1.165) is 26.1 Å². The van der Waals surface area contributed by atoms with Gasteiger partial charge in [-0.2, -0.15) is 0 Å². The minimum atomic E-state index is -0.196. The van der Waals surface area contributed by atoms with Crippen LogP contribution in [0.1, 0.15) is 25.8 Å². The molecule has 1 aromatic rings. The van der Waals surface area contributed by atoms with Crippen molar-refractivity contribution in [1.29, 1.82) is 0 Å². The van der Waals surface area contributed by atoms with E-state index in [2.05, 4.69) is 24.1 Å². The topological polar surface area (TPSA) is 37.4 Å². The fraction of sp³-hybridized carbons (Fsp3) is 0.667. The first-order valence-electron chi connectivity index (χ1n) is 7.22. The molecule has 112 valence electrons. The van der Waals surface area contributed by atoms with Gasteiger partial charge in [0.2, 0.25) is 0 Å². The van der Waals surface area contributed by atoms with Crippen LogP contribution in [0.15, 0.2) is 12.3 Å². The van der Waals surface area contributed by atoms with Crippen molar-refractivity contribution in [3.63, 3.8) is 0 Å². The number of methoxy groups -OCH3 is 1. The molecule has 0 saturated carbocycles. The fourth-order valence-corrected chi connectivity index (χ4v) is 2.54. The second-order valence-corrected chi connectivity index (χ2v) is 5.70. The summed E-state index contributed by atoms with van der Waals surface area (Å²) in [6.07, 6.45) is 2.73. The zero-order valence-corrected chi connectivity index (χ0v) is 12.5. The van der Waals surface area contributed by atoms with Gasteiger partial charge < -0.3 is 15.0 Å². The second kappa shape index (κ2) is 6.99. The van der Waals surface area contributed by atoms with Gasteiger partial charge in [0.25, 0.3) is 0 Å². The lowest BCUT2D eigenvalue weighted by Gasteiger charge is -2.19. The SMILES string of the molecule is COCC1CCN(c2nccc(CNC(C)C)c2F)C1. The van der Waals surface area contributed by atoms with Crippen LogP contribution in [-0.2, 0) is 11.3 Å². The van der Waals surface area contributed by atoms with E-state index in [1.165, 1.54) is 0 Å². The lowest BCUT2D eigenvalue weighted by atomic mass is 10.1. The Kier molecular flexibility index (Phi) is 5.31. The summed E-state index contributed by atoms with van der Waals surface area (Å²) in [6, 6.07) is 2.08. The van der Waals surface area contributed by atoms with E-state index in [4.69, 9.17) is 4.74 Å². The third-order valence-corrected chi connectivity index (χ3v) is 3.64. The maximum atomic E-state index is 14.5. The van der Waals surface area contributed by atoms with Gasteiger partial charge in [0.1, 0.15) is 0 Å². The first-order valence-corrected chi connectivity index (χ1v) is 7.22. The zero-order valence-electron chi connectivity index (χ0n) is 12.5. The van der Waals surface area contributed by atoms with Crippen LogP contribution < -0.4 is 10.2 Å². The highest BCUT2D eigenvalue weighted by Crippen LogP contribution is 2.26. The van der Waals surface area contributed by atoms with Crippen molar-refractivity contribution < 1.29 is 9.13 Å². The van der Waals surface area contributed by atoms with Gasteiger partial charge >= 0.3 is 0 Å². The Morgan fingerprint density at radius 1 is 1.55 bits per heavy atom. The summed E-state index contributed by atoms with van der Waals surface area (Å²) < 4.78 is 19.7. The molecule has 0 aromatic carbocycles. The van der Waals surface area contributed by atoms with Crippen LogP contribution >= 0.6 is 0 Å². The van der Waals surface area contributed by atoms with E-state index < -0.39 is 0 Å². The standard InChI is InChI=1S/C15H24FN3O/c1-11(2)18-8-13-4-6-17-15(14(13)16)19-7-5-12(9-19)10-20-3/h4,6,11-12,18H,5,7-10H2,1-3H3. The summed E-state index contributed by atoms with van der Waals surface area (Å²) in [6.45, 7) is 7.03. The number of pyridine rings is 1. The van der Waals surface area contributed by atoms with Crippen molar-refractivity contribution >= 4 is 5.82 Å². The smallest absolute Gasteiger partial charge is 0.170 e. The molecule has 2 heterocycles. The Hall–Kier alpha value is -1.20. The summed E-state index contributed by atoms with van der Waals surface area (Å²) in [5.74, 6) is 0.754. The summed E-state index contributed by atoms with van der Waals surface area (Å²) >= 11 is 0. The number of halogens is 1. The predicted molar refractivity (Wildman–Crippen MR) is 78.4 cm³/mol. The predicted octanol–water partition coefficient (Wildman–Crippen LogP) is 2.19. The maximum Gasteiger partial charge on any atom is 0.170 e. The normalized spacial score (nSPS) is 19.1. The third kappa shape index (κ3) is 3.67. The number of nitrogens with one attached hydrogen (secondary N) is 1. The van der Waals surface area contributed by atoms with Crippen molar-refractivity contribution in [3.8, 4) is 0 Å². The molecule has 1 saturated heterocycles. The van der Waals surface area contributed by atoms with E-state index in [-0.39, 0.29) is 5.82 Å². The van der Waals surface area contributed by atoms with Gasteiger partial charge in [0, 0.05) is 50.5 Å². The first kappa shape index (κ1) is 15.2. The highest BCUT2D eigenvalue weighted by molar-refractivity contribution is 5.44. The van der Waals surface area contributed by atoms with Crippen molar-refractivity contribution in [2.24, 2.45) is 5.92 Å². The third-order valence-electron chi connectivity index (χ3n) is 3.64. The quantitative estimate of drug-likeness (QED) is 0.867. The molecular weight excluding hydrogens is 257 g/mol. The van der Waals surface area contributed by atoms with Crippen LogP contribution in [0.25, 0.3) is 0 Å². The molecule has 1 aromatic heterocycles. The molecule has 5 heteroatoms. The molecule has 1 aliphatic heterocycles. The Bertz CT molecular complexity index is 439. The summed E-state index contributed by atoms with van der Waals surface area (Å²) in [5.41, 5.74) is 0.680. The average Bonchev–Trinajstić information content (AvgIpc) is 2.86. The van der Waals surface area contributed by atoms with Crippen LogP contribution in [0.5, 0.6) is 0 Å². The Labute approximate surface area is 120 Å². The molecule has 1 atom stereocenters. The number of hydrogen-bond acceptors (Lipinski definition) is 4.